The number of hydrogen-bond donors (Lipinski definition) is 18. The van der Waals surface area contributed by atoms with Crippen LogP contribution >= 0.6 is 0 Å². The fraction of sp³-hybridized carbons (Fsp3) is 0.244. The van der Waals surface area contributed by atoms with Gasteiger partial charge < -0.3 is 84.1 Å². The predicted molar refractivity (Wildman–Crippen MR) is 500 cm³/mol. The molecule has 1 saturated carbocycles. The first kappa shape index (κ1) is 84.9. The smallest absolute Gasteiger partial charge is 0.410 e. The Morgan fingerprint density at radius 2 is 0.775 bits per heavy atom. The molecule has 0 spiro atoms. The number of carbonyl (C=O) groups excluding carboxylic acids is 3. The van der Waals surface area contributed by atoms with Gasteiger partial charge in [-0.2, -0.15) is 25.5 Å². The fourth-order valence-corrected chi connectivity index (χ4v) is 15.0. The van der Waals surface area contributed by atoms with E-state index in [4.69, 9.17) is 38.4 Å². The van der Waals surface area contributed by atoms with Crippen molar-refractivity contribution in [3.05, 3.63) is 181 Å². The molecule has 1 aliphatic carbocycles. The molecule has 39 nitrogen and oxygen atoms in total. The molecule has 656 valence electrons. The fourth-order valence-electron chi connectivity index (χ4n) is 15.0. The van der Waals surface area contributed by atoms with Gasteiger partial charge in [-0.25, -0.2) is 54.6 Å². The van der Waals surface area contributed by atoms with Gasteiger partial charge in [-0.05, 0) is 145 Å². The average Bonchev–Trinajstić information content (AvgIpc) is 1.60. The van der Waals surface area contributed by atoms with E-state index in [1.807, 2.05) is 158 Å². The zero-order valence-corrected chi connectivity index (χ0v) is 72.3. The van der Waals surface area contributed by atoms with E-state index in [2.05, 4.69) is 168 Å². The zero-order chi connectivity index (χ0) is 89.9. The van der Waals surface area contributed by atoms with E-state index in [0.29, 0.717) is 95.8 Å². The van der Waals surface area contributed by atoms with Gasteiger partial charge in [-0.3, -0.25) is 35.1 Å². The first-order valence-electron chi connectivity index (χ1n) is 42.2. The van der Waals surface area contributed by atoms with Gasteiger partial charge in [-0.1, -0.05) is 58.0 Å². The number of carbonyl (C=O) groups is 3. The Hall–Kier alpha value is -16.3. The third kappa shape index (κ3) is 18.2. The number of ether oxygens (including phenoxy) is 1. The summed E-state index contributed by atoms with van der Waals surface area (Å²) in [4.78, 5) is 96.4. The number of pyridine rings is 5. The topological polar surface area (TPSA) is 582 Å². The molecule has 1 fully saturated rings. The minimum absolute atomic E-state index is 0.0226. The second-order valence-corrected chi connectivity index (χ2v) is 32.3. The van der Waals surface area contributed by atoms with Crippen LogP contribution in [0, 0.1) is 11.8 Å². The molecule has 0 unspecified atom stereocenters. The first-order valence-corrected chi connectivity index (χ1v) is 42.2. The lowest BCUT2D eigenvalue weighted by atomic mass is 10.1. The van der Waals surface area contributed by atoms with Crippen LogP contribution in [0.3, 0.4) is 0 Å². The summed E-state index contributed by atoms with van der Waals surface area (Å²) in [5.41, 5.74) is 51.4. The molecule has 0 saturated heterocycles. The maximum absolute atomic E-state index is 12.5. The molecule has 15 heterocycles. The first-order chi connectivity index (χ1) is 62.4. The van der Waals surface area contributed by atoms with Gasteiger partial charge in [0.2, 0.25) is 11.8 Å². The summed E-state index contributed by atoms with van der Waals surface area (Å²) < 4.78 is 7.57. The van der Waals surface area contributed by atoms with Gasteiger partial charge in [0.15, 0.2) is 5.82 Å². The number of nitrogens with one attached hydrogen (secondary N) is 13. The van der Waals surface area contributed by atoms with Gasteiger partial charge in [0.05, 0.1) is 94.3 Å². The van der Waals surface area contributed by atoms with Crippen molar-refractivity contribution < 1.29 is 19.1 Å². The number of imidazole rings is 5. The number of amides is 3. The van der Waals surface area contributed by atoms with Crippen molar-refractivity contribution in [3.63, 3.8) is 0 Å². The lowest BCUT2D eigenvalue weighted by Crippen LogP contribution is -2.36. The monoisotopic (exact) mass is 1730 g/mol. The second-order valence-electron chi connectivity index (χ2n) is 32.3. The number of benzene rings is 5. The van der Waals surface area contributed by atoms with Crippen LogP contribution in [0.25, 0.3) is 166 Å². The van der Waals surface area contributed by atoms with Crippen molar-refractivity contribution in [2.45, 2.75) is 107 Å². The van der Waals surface area contributed by atoms with Gasteiger partial charge in [0, 0.05) is 111 Å². The minimum Gasteiger partial charge on any atom is -0.444 e. The summed E-state index contributed by atoms with van der Waals surface area (Å²) in [6, 6.07) is 39.5. The SMILES string of the molecule is CC(C)C(=O)NCc1nc2c([nH]1)c(N)nc1cc(-c3ccn[nH]3)ccc12.CCN(Cc1nc2c([nH]1)c(N)nc1cc(-c3ccn[nH]3)ccc12)C(=O)OC(C)(C)C.CCNCc1nc2c(N)nc3cc(-c4ccn[nH]4)ccc3c2n1C.CCNCc1nc2c([nH]1)c(N)nc1cc(-c3ccn[nH]3)ccc12.Nc1nc2cc(-c3ccn[nH]3)ccc2c2nc(CNC(=O)C3CC3)[nH]c12. The van der Waals surface area contributed by atoms with E-state index in [1.165, 1.54) is 0 Å². The highest BCUT2D eigenvalue weighted by Crippen LogP contribution is 2.37. The largest absolute Gasteiger partial charge is 0.444 e. The lowest BCUT2D eigenvalue weighted by molar-refractivity contribution is -0.124. The number of nitrogens with two attached hydrogens (primary N) is 5. The van der Waals surface area contributed by atoms with Crippen LogP contribution in [0.1, 0.15) is 97.4 Å². The summed E-state index contributed by atoms with van der Waals surface area (Å²) in [7, 11) is 2.02. The van der Waals surface area contributed by atoms with E-state index >= 15 is 0 Å². The molecule has 23 N–H and O–H groups in total. The van der Waals surface area contributed by atoms with Crippen LogP contribution in [0.5, 0.6) is 0 Å². The molecule has 0 bridgehead atoms. The molecule has 0 atom stereocenters. The summed E-state index contributed by atoms with van der Waals surface area (Å²) in [6.07, 6.45) is 10.2. The lowest BCUT2D eigenvalue weighted by Gasteiger charge is -2.25. The number of nitrogens with zero attached hydrogens (tertiary/aromatic N) is 17. The molecule has 1 aliphatic rings. The van der Waals surface area contributed by atoms with E-state index in [0.717, 1.165) is 187 Å². The molecule has 0 radical (unpaired) electrons. The maximum atomic E-state index is 12.5. The minimum atomic E-state index is -0.560. The number of aromatic nitrogens is 25. The zero-order valence-electron chi connectivity index (χ0n) is 72.3. The van der Waals surface area contributed by atoms with Crippen LogP contribution in [0.2, 0.25) is 0 Å². The molecule has 20 aromatic rings. The number of rotatable bonds is 20. The molecule has 3 amide bonds. The van der Waals surface area contributed by atoms with E-state index in [-0.39, 0.29) is 36.3 Å². The van der Waals surface area contributed by atoms with Gasteiger partial charge in [-0.15, -0.1) is 0 Å². The Kier molecular flexibility index (Phi) is 23.7. The van der Waals surface area contributed by atoms with Crippen molar-refractivity contribution in [1.29, 1.82) is 0 Å². The number of aryl methyl sites for hydroxylation is 1. The molecule has 0 aliphatic heterocycles. The third-order valence-corrected chi connectivity index (χ3v) is 21.8. The summed E-state index contributed by atoms with van der Waals surface area (Å²) in [5, 5.41) is 51.7. The summed E-state index contributed by atoms with van der Waals surface area (Å²) in [5.74, 6) is 5.96. The molecule has 39 heteroatoms. The van der Waals surface area contributed by atoms with Gasteiger partial charge in [0.1, 0.15) is 108 Å². The molecule has 15 aromatic heterocycles. The summed E-state index contributed by atoms with van der Waals surface area (Å²) >= 11 is 0. The molecule has 129 heavy (non-hydrogen) atoms. The van der Waals surface area contributed by atoms with Crippen molar-refractivity contribution in [2.24, 2.45) is 18.9 Å². The van der Waals surface area contributed by atoms with Gasteiger partial charge in [0.25, 0.3) is 0 Å². The van der Waals surface area contributed by atoms with Crippen LogP contribution in [0.4, 0.5) is 33.9 Å². The van der Waals surface area contributed by atoms with E-state index in [1.54, 1.807) is 35.9 Å². The number of fused-ring (bicyclic) bond motifs is 15. The Bertz CT molecular complexity index is 7290. The van der Waals surface area contributed by atoms with E-state index in [9.17, 15) is 14.4 Å². The standard InChI is InChI=1S/C21H25N7O2.C18H17N7O.C18H19N7O.C17H19N7.C16H17N7/c1-5-28(20(29)30-21(2,3)4)11-16-25-17-13-7-6-12(14-8-9-23-27-14)10-15(13)24-19(22)18(17)26-16;19-17-16-15(23-14(24-16)8-20-18(26)9-1-2-9)11-4-3-10(7-13(11)22-17)12-5-6-21-25-12;1-9(2)18(26)20-8-14-23-15-11-4-3-10(12-5-6-21-25-12)7-13(11)22-17(19)16(15)24-14;1-3-19-9-14-22-15-16(24(14)2)11-5-4-10(12-6-7-20-23-12)8-13(11)21-17(15)18;1-2-18-8-13-21-14-10-4-3-9(11-5-6-19-23-11)7-12(10)20-16(17)15(14)22-13/h6-10H,5,11H2,1-4H3,(H2,22,24)(H,23,27)(H,25,26);3-7,9H,1-2,8H2,(H2,19,22)(H,20,26)(H,21,25)(H,23,24);3-7,9H,8H2,1-2H3,(H2,19,22)(H,20,26)(H,21,25)(H,23,24);4-8,19H,3,9H2,1-2H3,(H2,18,21)(H,20,23);3-7,18H,2,8H2,1H3,(H2,17,20)(H,19,23)(H,21,22). The molecule has 5 aromatic carbocycles. The number of nitrogen functional groups attached to an aromatic ring is 5. The third-order valence-electron chi connectivity index (χ3n) is 21.8. The predicted octanol–water partition coefficient (Wildman–Crippen LogP) is 12.7. The average molecular weight is 1730 g/mol. The van der Waals surface area contributed by atoms with Gasteiger partial charge >= 0.3 is 6.09 Å². The second kappa shape index (κ2) is 36.1. The van der Waals surface area contributed by atoms with Crippen LogP contribution in [-0.4, -0.2) is 173 Å². The van der Waals surface area contributed by atoms with Crippen LogP contribution in [0.15, 0.2) is 152 Å². The highest BCUT2D eigenvalue weighted by molar-refractivity contribution is 6.11. The van der Waals surface area contributed by atoms with Crippen LogP contribution in [-0.2, 0) is 54.1 Å². The normalized spacial score (nSPS) is 12.1. The quantitative estimate of drug-likeness (QED) is 0.0337. The Balaban J connectivity index is 0.000000113. The number of aromatic amines is 9. The van der Waals surface area contributed by atoms with Crippen LogP contribution < -0.4 is 49.9 Å². The Morgan fingerprint density at radius 1 is 0.434 bits per heavy atom. The van der Waals surface area contributed by atoms with Crippen molar-refractivity contribution >= 4 is 157 Å². The highest BCUT2D eigenvalue weighted by Gasteiger charge is 2.30. The highest BCUT2D eigenvalue weighted by atomic mass is 16.6. The Morgan fingerprint density at radius 3 is 1.12 bits per heavy atom. The number of H-pyrrole nitrogens is 9. The Labute approximate surface area is 735 Å². The molecular weight excluding hydrogens is 1640 g/mol. The van der Waals surface area contributed by atoms with E-state index < -0.39 is 5.60 Å². The van der Waals surface area contributed by atoms with Crippen molar-refractivity contribution in [2.75, 3.05) is 48.3 Å². The summed E-state index contributed by atoms with van der Waals surface area (Å²) in [6.45, 7) is 19.9. The maximum Gasteiger partial charge on any atom is 0.410 e. The molecule has 21 rings (SSSR count). The van der Waals surface area contributed by atoms with Crippen molar-refractivity contribution in [3.8, 4) is 56.3 Å². The number of anilines is 5. The molecular formula is C90H97N35O4. The number of hydrogen-bond acceptors (Lipinski definition) is 26. The van der Waals surface area contributed by atoms with Crippen molar-refractivity contribution in [1.82, 2.24) is 151 Å².